The molecule has 2 N–H and O–H groups in total. The molecule has 1 aromatic carbocycles. The SMILES string of the molecule is CC(C)(C)C(=O)Nc1ccc(-c2csc(NCc3ccco3)n2)cc1. The zero-order valence-electron chi connectivity index (χ0n) is 14.5. The van der Waals surface area contributed by atoms with Crippen LogP contribution in [0.25, 0.3) is 11.3 Å². The number of aromatic nitrogens is 1. The maximum atomic E-state index is 12.0. The van der Waals surface area contributed by atoms with Crippen LogP contribution in [-0.4, -0.2) is 10.9 Å². The van der Waals surface area contributed by atoms with Gasteiger partial charge >= 0.3 is 0 Å². The zero-order chi connectivity index (χ0) is 17.9. The van der Waals surface area contributed by atoms with E-state index < -0.39 is 5.41 Å². The van der Waals surface area contributed by atoms with Gasteiger partial charge in [-0.1, -0.05) is 32.9 Å². The maximum absolute atomic E-state index is 12.0. The van der Waals surface area contributed by atoms with E-state index in [9.17, 15) is 4.79 Å². The van der Waals surface area contributed by atoms with Crippen LogP contribution >= 0.6 is 11.3 Å². The first-order valence-corrected chi connectivity index (χ1v) is 8.93. The fourth-order valence-corrected chi connectivity index (χ4v) is 2.82. The van der Waals surface area contributed by atoms with Gasteiger partial charge < -0.3 is 15.1 Å². The molecule has 3 aromatic rings. The van der Waals surface area contributed by atoms with Crippen LogP contribution in [0.2, 0.25) is 0 Å². The van der Waals surface area contributed by atoms with E-state index in [1.54, 1.807) is 17.6 Å². The number of carbonyl (C=O) groups excluding carboxylic acids is 1. The van der Waals surface area contributed by atoms with Gasteiger partial charge in [0.15, 0.2) is 5.13 Å². The number of hydrogen-bond acceptors (Lipinski definition) is 5. The quantitative estimate of drug-likeness (QED) is 0.676. The predicted octanol–water partition coefficient (Wildman–Crippen LogP) is 5.00. The second-order valence-electron chi connectivity index (χ2n) is 6.75. The highest BCUT2D eigenvalue weighted by Crippen LogP contribution is 2.27. The number of thiazole rings is 1. The van der Waals surface area contributed by atoms with E-state index in [2.05, 4.69) is 15.6 Å². The summed E-state index contributed by atoms with van der Waals surface area (Å²) in [4.78, 5) is 16.6. The smallest absolute Gasteiger partial charge is 0.229 e. The lowest BCUT2D eigenvalue weighted by atomic mass is 9.95. The number of benzene rings is 1. The average Bonchev–Trinajstić information content (AvgIpc) is 3.24. The molecule has 0 aliphatic carbocycles. The first-order valence-electron chi connectivity index (χ1n) is 8.05. The Bertz CT molecular complexity index is 830. The molecule has 2 aromatic heterocycles. The van der Waals surface area contributed by atoms with Crippen LogP contribution in [-0.2, 0) is 11.3 Å². The Labute approximate surface area is 151 Å². The van der Waals surface area contributed by atoms with Gasteiger partial charge in [-0.2, -0.15) is 0 Å². The molecule has 3 rings (SSSR count). The molecule has 1 amide bonds. The second kappa shape index (κ2) is 7.11. The van der Waals surface area contributed by atoms with Crippen molar-refractivity contribution in [1.29, 1.82) is 0 Å². The number of hydrogen-bond donors (Lipinski definition) is 2. The minimum atomic E-state index is -0.415. The third-order valence-electron chi connectivity index (χ3n) is 3.62. The summed E-state index contributed by atoms with van der Waals surface area (Å²) >= 11 is 1.55. The third-order valence-corrected chi connectivity index (χ3v) is 4.42. The van der Waals surface area contributed by atoms with E-state index in [0.717, 1.165) is 27.8 Å². The molecule has 5 nitrogen and oxygen atoms in total. The van der Waals surface area contributed by atoms with Gasteiger partial charge in [0.05, 0.1) is 18.5 Å². The van der Waals surface area contributed by atoms with Crippen LogP contribution in [0.1, 0.15) is 26.5 Å². The monoisotopic (exact) mass is 355 g/mol. The highest BCUT2D eigenvalue weighted by Gasteiger charge is 2.21. The molecule has 130 valence electrons. The predicted molar refractivity (Wildman–Crippen MR) is 102 cm³/mol. The van der Waals surface area contributed by atoms with Crippen molar-refractivity contribution in [2.24, 2.45) is 5.41 Å². The van der Waals surface area contributed by atoms with Crippen LogP contribution in [0.3, 0.4) is 0 Å². The Morgan fingerprint density at radius 2 is 1.96 bits per heavy atom. The molecule has 0 radical (unpaired) electrons. The molecule has 0 saturated heterocycles. The van der Waals surface area contributed by atoms with Gasteiger partial charge in [-0.3, -0.25) is 4.79 Å². The van der Waals surface area contributed by atoms with Crippen molar-refractivity contribution in [3.63, 3.8) is 0 Å². The molecule has 0 bridgehead atoms. The molecule has 2 heterocycles. The summed E-state index contributed by atoms with van der Waals surface area (Å²) in [6, 6.07) is 11.5. The van der Waals surface area contributed by atoms with Gasteiger partial charge in [0.25, 0.3) is 0 Å². The van der Waals surface area contributed by atoms with Gasteiger partial charge in [-0.15, -0.1) is 11.3 Å². The topological polar surface area (TPSA) is 67.2 Å². The highest BCUT2D eigenvalue weighted by atomic mass is 32.1. The minimum Gasteiger partial charge on any atom is -0.467 e. The van der Waals surface area contributed by atoms with Crippen molar-refractivity contribution in [3.8, 4) is 11.3 Å². The van der Waals surface area contributed by atoms with E-state index in [1.165, 1.54) is 0 Å². The van der Waals surface area contributed by atoms with E-state index >= 15 is 0 Å². The van der Waals surface area contributed by atoms with Crippen LogP contribution in [0.4, 0.5) is 10.8 Å². The molecule has 0 aliphatic rings. The Hall–Kier alpha value is -2.60. The summed E-state index contributed by atoms with van der Waals surface area (Å²) in [6.45, 7) is 6.29. The molecular formula is C19H21N3O2S. The van der Waals surface area contributed by atoms with Crippen LogP contribution < -0.4 is 10.6 Å². The van der Waals surface area contributed by atoms with Crippen molar-refractivity contribution in [3.05, 3.63) is 53.8 Å². The van der Waals surface area contributed by atoms with Gasteiger partial charge in [-0.05, 0) is 24.3 Å². The number of nitrogens with one attached hydrogen (secondary N) is 2. The van der Waals surface area contributed by atoms with Gasteiger partial charge in [0, 0.05) is 22.0 Å². The number of amides is 1. The summed E-state index contributed by atoms with van der Waals surface area (Å²) in [6.07, 6.45) is 1.66. The van der Waals surface area contributed by atoms with Crippen LogP contribution in [0, 0.1) is 5.41 Å². The fourth-order valence-electron chi connectivity index (χ4n) is 2.11. The molecule has 0 atom stereocenters. The lowest BCUT2D eigenvalue weighted by molar-refractivity contribution is -0.123. The molecule has 6 heteroatoms. The molecule has 0 saturated carbocycles. The second-order valence-corrected chi connectivity index (χ2v) is 7.61. The van der Waals surface area contributed by atoms with E-state index in [-0.39, 0.29) is 5.91 Å². The third kappa shape index (κ3) is 4.48. The summed E-state index contributed by atoms with van der Waals surface area (Å²) in [5.41, 5.74) is 2.29. The number of furan rings is 1. The number of nitrogens with zero attached hydrogens (tertiary/aromatic N) is 1. The first kappa shape index (κ1) is 17.2. The largest absolute Gasteiger partial charge is 0.467 e. The Morgan fingerprint density at radius 1 is 1.20 bits per heavy atom. The minimum absolute atomic E-state index is 0.00155. The van der Waals surface area contributed by atoms with Gasteiger partial charge in [-0.25, -0.2) is 4.98 Å². The van der Waals surface area contributed by atoms with Crippen molar-refractivity contribution in [2.75, 3.05) is 10.6 Å². The lowest BCUT2D eigenvalue weighted by Gasteiger charge is -2.17. The standard InChI is InChI=1S/C19H21N3O2S/c1-19(2,3)17(23)21-14-8-6-13(7-9-14)16-12-25-18(22-16)20-11-15-5-4-10-24-15/h4-10,12H,11H2,1-3H3,(H,20,22)(H,21,23). The number of anilines is 2. The lowest BCUT2D eigenvalue weighted by Crippen LogP contribution is -2.27. The Kier molecular flexibility index (Phi) is 4.90. The van der Waals surface area contributed by atoms with Crippen molar-refractivity contribution in [2.45, 2.75) is 27.3 Å². The molecule has 0 fully saturated rings. The molecule has 0 spiro atoms. The summed E-state index contributed by atoms with van der Waals surface area (Å²) < 4.78 is 5.30. The van der Waals surface area contributed by atoms with E-state index in [1.807, 2.05) is 62.5 Å². The molecule has 0 aliphatic heterocycles. The normalized spacial score (nSPS) is 11.3. The van der Waals surface area contributed by atoms with Crippen LogP contribution in [0.5, 0.6) is 0 Å². The maximum Gasteiger partial charge on any atom is 0.229 e. The molecular weight excluding hydrogens is 334 g/mol. The number of rotatable bonds is 5. The Balaban J connectivity index is 1.63. The van der Waals surface area contributed by atoms with E-state index in [4.69, 9.17) is 4.42 Å². The summed E-state index contributed by atoms with van der Waals surface area (Å²) in [5.74, 6) is 0.869. The molecule has 0 unspecified atom stereocenters. The van der Waals surface area contributed by atoms with Gasteiger partial charge in [0.1, 0.15) is 5.76 Å². The average molecular weight is 355 g/mol. The van der Waals surface area contributed by atoms with Crippen molar-refractivity contribution >= 4 is 28.1 Å². The van der Waals surface area contributed by atoms with Crippen molar-refractivity contribution in [1.82, 2.24) is 4.98 Å². The zero-order valence-corrected chi connectivity index (χ0v) is 15.3. The van der Waals surface area contributed by atoms with Gasteiger partial charge in [0.2, 0.25) is 5.91 Å². The van der Waals surface area contributed by atoms with Crippen molar-refractivity contribution < 1.29 is 9.21 Å². The number of carbonyl (C=O) groups is 1. The summed E-state index contributed by atoms with van der Waals surface area (Å²) in [5, 5.41) is 9.02. The highest BCUT2D eigenvalue weighted by molar-refractivity contribution is 7.14. The fraction of sp³-hybridized carbons (Fsp3) is 0.263. The molecule has 25 heavy (non-hydrogen) atoms. The van der Waals surface area contributed by atoms with Crippen LogP contribution in [0.15, 0.2) is 52.5 Å². The summed E-state index contributed by atoms with van der Waals surface area (Å²) in [7, 11) is 0. The Morgan fingerprint density at radius 3 is 2.60 bits per heavy atom. The first-order chi connectivity index (χ1) is 11.9. The van der Waals surface area contributed by atoms with E-state index in [0.29, 0.717) is 6.54 Å².